The Morgan fingerprint density at radius 1 is 1.21 bits per heavy atom. The van der Waals surface area contributed by atoms with Crippen LogP contribution in [-0.2, 0) is 24.6 Å². The zero-order valence-electron chi connectivity index (χ0n) is 14.5. The van der Waals surface area contributed by atoms with Crippen LogP contribution in [0.1, 0.15) is 31.0 Å². The Labute approximate surface area is 143 Å². The molecule has 0 saturated heterocycles. The minimum absolute atomic E-state index is 0.189. The zero-order chi connectivity index (χ0) is 16.9. The van der Waals surface area contributed by atoms with Crippen molar-refractivity contribution in [3.8, 4) is 11.3 Å². The number of aryl methyl sites for hydroxylation is 1. The average Bonchev–Trinajstić information content (AvgIpc) is 2.78. The highest BCUT2D eigenvalue weighted by atomic mass is 16.6. The lowest BCUT2D eigenvalue weighted by molar-refractivity contribution is 0.102. The number of benzene rings is 1. The van der Waals surface area contributed by atoms with Crippen molar-refractivity contribution in [2.24, 2.45) is 7.05 Å². The van der Waals surface area contributed by atoms with E-state index in [0.29, 0.717) is 19.7 Å². The molecule has 2 heterocycles. The molecule has 3 rings (SSSR count). The molecule has 0 radical (unpaired) electrons. The van der Waals surface area contributed by atoms with Gasteiger partial charge in [-0.05, 0) is 12.8 Å². The van der Waals surface area contributed by atoms with Gasteiger partial charge in [0.25, 0.3) is 0 Å². The smallest absolute Gasteiger partial charge is 0.409 e. The molecule has 0 spiro atoms. The Balaban J connectivity index is 1.75. The fraction of sp³-hybridized carbons (Fsp3) is 0.474. The minimum atomic E-state index is -0.189. The zero-order valence-corrected chi connectivity index (χ0v) is 14.5. The van der Waals surface area contributed by atoms with Gasteiger partial charge in [-0.2, -0.15) is 5.10 Å². The van der Waals surface area contributed by atoms with E-state index in [9.17, 15) is 4.79 Å². The van der Waals surface area contributed by atoms with Crippen molar-refractivity contribution in [1.82, 2.24) is 14.7 Å². The summed E-state index contributed by atoms with van der Waals surface area (Å²) in [5.74, 6) is 0. The number of aromatic nitrogens is 2. The van der Waals surface area contributed by atoms with Crippen LogP contribution in [0.25, 0.3) is 11.3 Å². The third-order valence-electron chi connectivity index (χ3n) is 4.55. The third-order valence-corrected chi connectivity index (χ3v) is 4.55. The van der Waals surface area contributed by atoms with Gasteiger partial charge in [0, 0.05) is 43.4 Å². The quantitative estimate of drug-likeness (QED) is 0.808. The first-order chi connectivity index (χ1) is 11.7. The van der Waals surface area contributed by atoms with E-state index in [1.54, 1.807) is 0 Å². The summed E-state index contributed by atoms with van der Waals surface area (Å²) in [6, 6.07) is 10.3. The number of unbranched alkanes of at least 4 members (excludes halogenated alkanes) is 1. The summed E-state index contributed by atoms with van der Waals surface area (Å²) in [6.45, 7) is 3.97. The molecular formula is C19H25N3O2. The molecule has 1 aromatic carbocycles. The van der Waals surface area contributed by atoms with Crippen molar-refractivity contribution in [3.05, 3.63) is 41.6 Å². The van der Waals surface area contributed by atoms with Crippen molar-refractivity contribution < 1.29 is 9.53 Å². The van der Waals surface area contributed by atoms with Gasteiger partial charge in [-0.15, -0.1) is 0 Å². The summed E-state index contributed by atoms with van der Waals surface area (Å²) >= 11 is 0. The van der Waals surface area contributed by atoms with Crippen LogP contribution in [0.5, 0.6) is 0 Å². The maximum absolute atomic E-state index is 12.2. The first kappa shape index (κ1) is 16.6. The molecule has 0 unspecified atom stereocenters. The van der Waals surface area contributed by atoms with E-state index in [-0.39, 0.29) is 6.09 Å². The van der Waals surface area contributed by atoms with Gasteiger partial charge in [-0.1, -0.05) is 43.7 Å². The van der Waals surface area contributed by atoms with Gasteiger partial charge in [0.1, 0.15) is 0 Å². The Kier molecular flexibility index (Phi) is 5.18. The maximum atomic E-state index is 12.2. The van der Waals surface area contributed by atoms with Crippen molar-refractivity contribution >= 4 is 6.09 Å². The highest BCUT2D eigenvalue weighted by molar-refractivity contribution is 5.69. The molecule has 0 saturated carbocycles. The number of fused-ring (bicyclic) bond motifs is 1. The fourth-order valence-corrected chi connectivity index (χ4v) is 3.18. The van der Waals surface area contributed by atoms with Gasteiger partial charge < -0.3 is 9.64 Å². The Hall–Kier alpha value is -2.30. The second-order valence-corrected chi connectivity index (χ2v) is 6.22. The number of carbonyl (C=O) groups excluding carboxylic acids is 1. The molecule has 5 nitrogen and oxygen atoms in total. The molecule has 128 valence electrons. The number of carbonyl (C=O) groups is 1. The van der Waals surface area contributed by atoms with Gasteiger partial charge in [0.05, 0.1) is 12.3 Å². The van der Waals surface area contributed by atoms with Crippen molar-refractivity contribution in [2.75, 3.05) is 19.7 Å². The largest absolute Gasteiger partial charge is 0.449 e. The van der Waals surface area contributed by atoms with E-state index in [1.165, 1.54) is 11.3 Å². The van der Waals surface area contributed by atoms with Crippen LogP contribution in [0.3, 0.4) is 0 Å². The molecule has 0 atom stereocenters. The lowest BCUT2D eigenvalue weighted by atomic mass is 10.0. The van der Waals surface area contributed by atoms with Gasteiger partial charge in [0.2, 0.25) is 0 Å². The van der Waals surface area contributed by atoms with Crippen LogP contribution in [0.2, 0.25) is 0 Å². The lowest BCUT2D eigenvalue weighted by Crippen LogP contribution is -2.34. The number of hydrogen-bond acceptors (Lipinski definition) is 3. The summed E-state index contributed by atoms with van der Waals surface area (Å²) in [5.41, 5.74) is 4.65. The number of ether oxygens (including phenoxy) is 1. The van der Waals surface area contributed by atoms with E-state index in [0.717, 1.165) is 36.9 Å². The van der Waals surface area contributed by atoms with Gasteiger partial charge in [0.15, 0.2) is 0 Å². The molecule has 0 N–H and O–H groups in total. The third kappa shape index (κ3) is 3.45. The molecule has 1 aliphatic heterocycles. The summed E-state index contributed by atoms with van der Waals surface area (Å²) in [7, 11) is 1.99. The summed E-state index contributed by atoms with van der Waals surface area (Å²) < 4.78 is 7.32. The molecule has 0 fully saturated rings. The van der Waals surface area contributed by atoms with Crippen LogP contribution < -0.4 is 0 Å². The highest BCUT2D eigenvalue weighted by Crippen LogP contribution is 2.28. The number of nitrogens with zero attached hydrogens (tertiary/aromatic N) is 3. The van der Waals surface area contributed by atoms with Crippen molar-refractivity contribution in [1.29, 1.82) is 0 Å². The van der Waals surface area contributed by atoms with Crippen LogP contribution in [0.4, 0.5) is 4.79 Å². The second kappa shape index (κ2) is 7.51. The summed E-state index contributed by atoms with van der Waals surface area (Å²) in [6.07, 6.45) is 3.39. The molecule has 24 heavy (non-hydrogen) atoms. The number of rotatable bonds is 4. The normalized spacial score (nSPS) is 14.2. The van der Waals surface area contributed by atoms with Gasteiger partial charge in [-0.3, -0.25) is 4.68 Å². The topological polar surface area (TPSA) is 47.4 Å². The fourth-order valence-electron chi connectivity index (χ4n) is 3.18. The SMILES string of the molecule is CCCCOC(=O)N1CCc2c(-c3ccccc3)nn(C)c2CC1. The van der Waals surface area contributed by atoms with Crippen LogP contribution in [0, 0.1) is 0 Å². The summed E-state index contributed by atoms with van der Waals surface area (Å²) in [5, 5.41) is 4.72. The molecule has 0 bridgehead atoms. The van der Waals surface area contributed by atoms with Gasteiger partial charge in [-0.25, -0.2) is 4.79 Å². The lowest BCUT2D eigenvalue weighted by Gasteiger charge is -2.19. The van der Waals surface area contributed by atoms with E-state index >= 15 is 0 Å². The van der Waals surface area contributed by atoms with Crippen LogP contribution in [0.15, 0.2) is 30.3 Å². The van der Waals surface area contributed by atoms with E-state index < -0.39 is 0 Å². The monoisotopic (exact) mass is 327 g/mol. The predicted molar refractivity (Wildman–Crippen MR) is 93.9 cm³/mol. The molecule has 1 aromatic heterocycles. The number of amides is 1. The second-order valence-electron chi connectivity index (χ2n) is 6.22. The van der Waals surface area contributed by atoms with E-state index in [4.69, 9.17) is 9.84 Å². The molecule has 1 amide bonds. The standard InChI is InChI=1S/C19H25N3O2/c1-3-4-14-24-19(23)22-12-10-16-17(11-13-22)21(2)20-18(16)15-8-6-5-7-9-15/h5-9H,3-4,10-14H2,1-2H3. The van der Waals surface area contributed by atoms with Crippen LogP contribution in [-0.4, -0.2) is 40.5 Å². The average molecular weight is 327 g/mol. The molecule has 0 aliphatic carbocycles. The van der Waals surface area contributed by atoms with Crippen molar-refractivity contribution in [2.45, 2.75) is 32.6 Å². The Morgan fingerprint density at radius 3 is 2.71 bits per heavy atom. The number of hydrogen-bond donors (Lipinski definition) is 0. The molecule has 1 aliphatic rings. The van der Waals surface area contributed by atoms with Crippen molar-refractivity contribution in [3.63, 3.8) is 0 Å². The molecule has 2 aromatic rings. The highest BCUT2D eigenvalue weighted by Gasteiger charge is 2.24. The minimum Gasteiger partial charge on any atom is -0.449 e. The summed E-state index contributed by atoms with van der Waals surface area (Å²) in [4.78, 5) is 14.0. The van der Waals surface area contributed by atoms with E-state index in [2.05, 4.69) is 19.1 Å². The first-order valence-corrected chi connectivity index (χ1v) is 8.72. The molecule has 5 heteroatoms. The Bertz CT molecular complexity index is 694. The van der Waals surface area contributed by atoms with Crippen LogP contribution >= 0.6 is 0 Å². The van der Waals surface area contributed by atoms with Gasteiger partial charge >= 0.3 is 6.09 Å². The Morgan fingerprint density at radius 2 is 1.96 bits per heavy atom. The maximum Gasteiger partial charge on any atom is 0.409 e. The van der Waals surface area contributed by atoms with E-state index in [1.807, 2.05) is 34.8 Å². The first-order valence-electron chi connectivity index (χ1n) is 8.72. The molecular weight excluding hydrogens is 302 g/mol. The predicted octanol–water partition coefficient (Wildman–Crippen LogP) is 3.42.